The van der Waals surface area contributed by atoms with E-state index in [1.807, 2.05) is 12.4 Å². The van der Waals surface area contributed by atoms with Gasteiger partial charge < -0.3 is 5.32 Å². The molecule has 4 fully saturated rings. The van der Waals surface area contributed by atoms with E-state index in [1.54, 1.807) is 11.1 Å². The van der Waals surface area contributed by atoms with Crippen LogP contribution in [0.15, 0.2) is 54.9 Å². The second kappa shape index (κ2) is 5.97. The number of pyridine rings is 1. The normalized spacial score (nSPS) is 41.1. The van der Waals surface area contributed by atoms with Crippen molar-refractivity contribution < 1.29 is 0 Å². The third kappa shape index (κ3) is 2.44. The predicted molar refractivity (Wildman–Crippen MR) is 117 cm³/mol. The largest absolute Gasteiger partial charge is 0.378 e. The molecule has 4 saturated carbocycles. The monoisotopic (exact) mass is 382 g/mol. The van der Waals surface area contributed by atoms with Gasteiger partial charge >= 0.3 is 0 Å². The minimum atomic E-state index is 0.385. The quantitative estimate of drug-likeness (QED) is 0.610. The Bertz CT molecular complexity index is 940. The molecule has 2 heteroatoms. The Labute approximate surface area is 173 Å². The van der Waals surface area contributed by atoms with Crippen molar-refractivity contribution in [2.45, 2.75) is 62.3 Å². The van der Waals surface area contributed by atoms with Gasteiger partial charge in [0.05, 0.1) is 6.04 Å². The third-order valence-electron chi connectivity index (χ3n) is 9.08. The van der Waals surface area contributed by atoms with Crippen molar-refractivity contribution in [2.24, 2.45) is 23.7 Å². The summed E-state index contributed by atoms with van der Waals surface area (Å²) < 4.78 is 0. The van der Waals surface area contributed by atoms with Gasteiger partial charge in [-0.15, -0.1) is 0 Å². The summed E-state index contributed by atoms with van der Waals surface area (Å²) in [5.74, 6) is 4.19. The molecule has 0 unspecified atom stereocenters. The van der Waals surface area contributed by atoms with Gasteiger partial charge in [-0.2, -0.15) is 0 Å². The van der Waals surface area contributed by atoms with Gasteiger partial charge in [0, 0.05) is 24.0 Å². The lowest BCUT2D eigenvalue weighted by Crippen LogP contribution is -2.48. The lowest BCUT2D eigenvalue weighted by molar-refractivity contribution is -0.00523. The van der Waals surface area contributed by atoms with E-state index in [4.69, 9.17) is 0 Å². The van der Waals surface area contributed by atoms with E-state index in [-0.39, 0.29) is 0 Å². The maximum absolute atomic E-state index is 4.23. The molecule has 0 saturated heterocycles. The van der Waals surface area contributed by atoms with Gasteiger partial charge in [0.2, 0.25) is 0 Å². The number of anilines is 1. The zero-order chi connectivity index (χ0) is 19.0. The Hall–Kier alpha value is -2.09. The van der Waals surface area contributed by atoms with E-state index in [9.17, 15) is 0 Å². The molecule has 2 aromatic rings. The molecular weight excluding hydrogens is 352 g/mol. The molecular formula is C27H30N2. The Kier molecular flexibility index (Phi) is 3.43. The molecule has 0 radical (unpaired) electrons. The number of hydrogen-bond acceptors (Lipinski definition) is 2. The van der Waals surface area contributed by atoms with Crippen molar-refractivity contribution in [3.8, 4) is 0 Å². The van der Waals surface area contributed by atoms with Crippen LogP contribution in [-0.2, 0) is 5.41 Å². The molecule has 29 heavy (non-hydrogen) atoms. The van der Waals surface area contributed by atoms with E-state index in [1.165, 1.54) is 56.2 Å². The fraction of sp³-hybridized carbons (Fsp3) is 0.519. The summed E-state index contributed by atoms with van der Waals surface area (Å²) in [6.07, 6.45) is 18.9. The average Bonchev–Trinajstić information content (AvgIpc) is 3.23. The molecule has 0 spiro atoms. The second-order valence-electron chi connectivity index (χ2n) is 10.8. The van der Waals surface area contributed by atoms with Gasteiger partial charge in [-0.25, -0.2) is 0 Å². The molecule has 1 aromatic heterocycles. The minimum absolute atomic E-state index is 0.385. The van der Waals surface area contributed by atoms with Gasteiger partial charge in [-0.3, -0.25) is 4.98 Å². The second-order valence-corrected chi connectivity index (χ2v) is 10.8. The standard InChI is InChI=1S/C27H30N2/c1-2-22-23(3-1)26(20-6-8-28-9-7-20)29-25-5-4-21(13-24(22)25)27-14-17-10-18(15-27)12-19(11-17)16-27/h1-2,4-9,13,17-19,22-23,26,29H,3,10-12,14-16H2/t17?,18?,19?,22-,23+,26+,27?/m0/s1. The molecule has 1 aliphatic heterocycles. The lowest BCUT2D eigenvalue weighted by Gasteiger charge is -2.57. The van der Waals surface area contributed by atoms with Crippen LogP contribution in [0.4, 0.5) is 5.69 Å². The van der Waals surface area contributed by atoms with Gasteiger partial charge in [-0.1, -0.05) is 24.3 Å². The fourth-order valence-electron chi connectivity index (χ4n) is 8.29. The van der Waals surface area contributed by atoms with Gasteiger partial charge in [0.1, 0.15) is 0 Å². The molecule has 1 N–H and O–H groups in total. The van der Waals surface area contributed by atoms with Crippen LogP contribution in [0, 0.1) is 23.7 Å². The molecule has 6 aliphatic rings. The van der Waals surface area contributed by atoms with Crippen molar-refractivity contribution in [3.05, 3.63) is 71.6 Å². The summed E-state index contributed by atoms with van der Waals surface area (Å²) in [7, 11) is 0. The lowest BCUT2D eigenvalue weighted by atomic mass is 9.48. The molecule has 2 nitrogen and oxygen atoms in total. The highest BCUT2D eigenvalue weighted by molar-refractivity contribution is 5.61. The first kappa shape index (κ1) is 16.7. The SMILES string of the molecule is C1=C[C@@H]2c3cc(C45CC6CC(CC(C6)C4)C5)ccc3N[C@H](c3ccncc3)[C@@H]2C1. The molecule has 1 aromatic carbocycles. The Morgan fingerprint density at radius 3 is 2.34 bits per heavy atom. The van der Waals surface area contributed by atoms with Crippen molar-refractivity contribution >= 4 is 5.69 Å². The van der Waals surface area contributed by atoms with Gasteiger partial charge in [0.15, 0.2) is 0 Å². The number of rotatable bonds is 2. The predicted octanol–water partition coefficient (Wildman–Crippen LogP) is 6.38. The molecule has 148 valence electrons. The summed E-state index contributed by atoms with van der Waals surface area (Å²) >= 11 is 0. The van der Waals surface area contributed by atoms with Crippen LogP contribution in [0.1, 0.15) is 73.6 Å². The van der Waals surface area contributed by atoms with E-state index >= 15 is 0 Å². The zero-order valence-corrected chi connectivity index (χ0v) is 17.1. The highest BCUT2D eigenvalue weighted by Crippen LogP contribution is 2.61. The topological polar surface area (TPSA) is 24.9 Å². The number of allylic oxidation sites excluding steroid dienone is 2. The van der Waals surface area contributed by atoms with Crippen molar-refractivity contribution in [1.82, 2.24) is 4.98 Å². The van der Waals surface area contributed by atoms with Crippen LogP contribution in [0.5, 0.6) is 0 Å². The number of hydrogen-bond donors (Lipinski definition) is 1. The van der Waals surface area contributed by atoms with Crippen molar-refractivity contribution in [3.63, 3.8) is 0 Å². The van der Waals surface area contributed by atoms with Gasteiger partial charge in [-0.05, 0) is 109 Å². The minimum Gasteiger partial charge on any atom is -0.378 e. The Balaban J connectivity index is 1.29. The molecule has 3 atom stereocenters. The first-order valence-corrected chi connectivity index (χ1v) is 11.7. The zero-order valence-electron chi connectivity index (χ0n) is 17.1. The molecule has 5 aliphatic carbocycles. The van der Waals surface area contributed by atoms with E-state index < -0.39 is 0 Å². The number of aromatic nitrogens is 1. The maximum atomic E-state index is 4.23. The summed E-state index contributed by atoms with van der Waals surface area (Å²) in [6.45, 7) is 0. The first-order valence-electron chi connectivity index (χ1n) is 11.7. The van der Waals surface area contributed by atoms with Crippen LogP contribution in [0.3, 0.4) is 0 Å². The average molecular weight is 383 g/mol. The third-order valence-corrected chi connectivity index (χ3v) is 9.08. The van der Waals surface area contributed by atoms with E-state index in [0.717, 1.165) is 17.8 Å². The first-order chi connectivity index (χ1) is 14.3. The summed E-state index contributed by atoms with van der Waals surface area (Å²) in [5, 5.41) is 3.92. The highest BCUT2D eigenvalue weighted by atomic mass is 15.0. The fourth-order valence-corrected chi connectivity index (χ4v) is 8.29. The molecule has 0 amide bonds. The summed E-state index contributed by atoms with van der Waals surface area (Å²) in [5.41, 5.74) is 6.44. The smallest absolute Gasteiger partial charge is 0.0555 e. The van der Waals surface area contributed by atoms with Crippen molar-refractivity contribution in [1.29, 1.82) is 0 Å². The summed E-state index contributed by atoms with van der Waals surface area (Å²) in [6, 6.07) is 12.3. The van der Waals surface area contributed by atoms with Crippen LogP contribution < -0.4 is 5.32 Å². The van der Waals surface area contributed by atoms with E-state index in [2.05, 4.69) is 52.8 Å². The Morgan fingerprint density at radius 2 is 1.62 bits per heavy atom. The van der Waals surface area contributed by atoms with E-state index in [0.29, 0.717) is 23.3 Å². The van der Waals surface area contributed by atoms with Crippen LogP contribution in [0.2, 0.25) is 0 Å². The molecule has 2 heterocycles. The molecule has 4 bridgehead atoms. The maximum Gasteiger partial charge on any atom is 0.0555 e. The van der Waals surface area contributed by atoms with Crippen LogP contribution >= 0.6 is 0 Å². The number of nitrogens with zero attached hydrogens (tertiary/aromatic N) is 1. The molecule has 8 rings (SSSR count). The summed E-state index contributed by atoms with van der Waals surface area (Å²) in [4.78, 5) is 4.23. The Morgan fingerprint density at radius 1 is 0.897 bits per heavy atom. The van der Waals surface area contributed by atoms with Crippen molar-refractivity contribution in [2.75, 3.05) is 5.32 Å². The highest BCUT2D eigenvalue weighted by Gasteiger charge is 2.52. The van der Waals surface area contributed by atoms with Gasteiger partial charge in [0.25, 0.3) is 0 Å². The number of nitrogens with one attached hydrogen (secondary N) is 1. The van der Waals surface area contributed by atoms with Crippen LogP contribution in [-0.4, -0.2) is 4.98 Å². The number of benzene rings is 1. The van der Waals surface area contributed by atoms with Crippen LogP contribution in [0.25, 0.3) is 0 Å². The number of fused-ring (bicyclic) bond motifs is 3.